The zero-order valence-corrected chi connectivity index (χ0v) is 17.0. The Hall–Kier alpha value is -2.60. The maximum atomic E-state index is 13.6. The molecular formula is C22H21ClN2O4. The van der Waals surface area contributed by atoms with Crippen molar-refractivity contribution in [2.75, 3.05) is 4.90 Å². The molecule has 3 heterocycles. The second-order valence-corrected chi connectivity index (χ2v) is 8.65. The van der Waals surface area contributed by atoms with Crippen LogP contribution in [0.25, 0.3) is 0 Å². The van der Waals surface area contributed by atoms with E-state index in [1.54, 1.807) is 25.1 Å². The van der Waals surface area contributed by atoms with Crippen molar-refractivity contribution >= 4 is 29.1 Å². The highest BCUT2D eigenvalue weighted by atomic mass is 35.5. The SMILES string of the molecule is Cc1cc(N2C(=O)C3=C(C(=O)C4CC(C)CCC4O3)C2c2ccc(Cl)cc2)no1. The number of carbonyl (C=O) groups is 2. The minimum absolute atomic E-state index is 0.0128. The Morgan fingerprint density at radius 3 is 2.62 bits per heavy atom. The normalized spacial score (nSPS) is 29.0. The van der Waals surface area contributed by atoms with E-state index in [1.807, 2.05) is 12.1 Å². The molecule has 1 aromatic heterocycles. The van der Waals surface area contributed by atoms with Gasteiger partial charge < -0.3 is 9.26 Å². The molecule has 4 unspecified atom stereocenters. The molecule has 0 radical (unpaired) electrons. The van der Waals surface area contributed by atoms with Gasteiger partial charge in [-0.1, -0.05) is 35.8 Å². The highest BCUT2D eigenvalue weighted by Gasteiger charge is 2.53. The fraction of sp³-hybridized carbons (Fsp3) is 0.409. The second-order valence-electron chi connectivity index (χ2n) is 8.21. The topological polar surface area (TPSA) is 72.6 Å². The number of anilines is 1. The van der Waals surface area contributed by atoms with E-state index >= 15 is 0 Å². The highest BCUT2D eigenvalue weighted by Crippen LogP contribution is 2.48. The third-order valence-corrected chi connectivity index (χ3v) is 6.41. The predicted octanol–water partition coefficient (Wildman–Crippen LogP) is 4.38. The van der Waals surface area contributed by atoms with Crippen molar-refractivity contribution in [2.45, 2.75) is 45.3 Å². The Balaban J connectivity index is 1.64. The van der Waals surface area contributed by atoms with E-state index < -0.39 is 6.04 Å². The van der Waals surface area contributed by atoms with Crippen LogP contribution in [0.2, 0.25) is 5.02 Å². The molecular weight excluding hydrogens is 392 g/mol. The van der Waals surface area contributed by atoms with Crippen molar-refractivity contribution < 1.29 is 18.8 Å². The smallest absolute Gasteiger partial charge is 0.295 e. The fourth-order valence-corrected chi connectivity index (χ4v) is 4.87. The first kappa shape index (κ1) is 18.4. The number of Topliss-reactive ketones (excluding diaryl/α,β-unsaturated/α-hetero) is 1. The van der Waals surface area contributed by atoms with Crippen molar-refractivity contribution in [2.24, 2.45) is 11.8 Å². The number of halogens is 1. The van der Waals surface area contributed by atoms with Crippen molar-refractivity contribution in [3.05, 3.63) is 58.0 Å². The number of amides is 1. The molecule has 1 aliphatic carbocycles. The molecule has 6 nitrogen and oxygen atoms in total. The predicted molar refractivity (Wildman–Crippen MR) is 106 cm³/mol. The van der Waals surface area contributed by atoms with Crippen LogP contribution in [-0.2, 0) is 14.3 Å². The van der Waals surface area contributed by atoms with Crippen molar-refractivity contribution in [3.63, 3.8) is 0 Å². The first-order valence-corrected chi connectivity index (χ1v) is 10.3. The monoisotopic (exact) mass is 412 g/mol. The van der Waals surface area contributed by atoms with Crippen LogP contribution in [0, 0.1) is 18.8 Å². The minimum atomic E-state index is -0.607. The summed E-state index contributed by atoms with van der Waals surface area (Å²) >= 11 is 6.07. The quantitative estimate of drug-likeness (QED) is 0.731. The van der Waals surface area contributed by atoms with Gasteiger partial charge in [-0.15, -0.1) is 0 Å². The molecule has 1 amide bonds. The van der Waals surface area contributed by atoms with Gasteiger partial charge in [0.25, 0.3) is 5.91 Å². The van der Waals surface area contributed by atoms with E-state index in [0.717, 1.165) is 24.8 Å². The molecule has 0 spiro atoms. The Morgan fingerprint density at radius 1 is 1.17 bits per heavy atom. The van der Waals surface area contributed by atoms with E-state index in [2.05, 4.69) is 12.1 Å². The summed E-state index contributed by atoms with van der Waals surface area (Å²) in [4.78, 5) is 28.4. The number of carbonyl (C=O) groups excluding carboxylic acids is 2. The molecule has 5 rings (SSSR count). The maximum Gasteiger partial charge on any atom is 0.295 e. The van der Waals surface area contributed by atoms with Crippen molar-refractivity contribution in [1.29, 1.82) is 0 Å². The van der Waals surface area contributed by atoms with E-state index in [9.17, 15) is 9.59 Å². The summed E-state index contributed by atoms with van der Waals surface area (Å²) in [6.07, 6.45) is 2.34. The Kier molecular flexibility index (Phi) is 4.28. The van der Waals surface area contributed by atoms with Crippen LogP contribution in [0.1, 0.15) is 43.6 Å². The molecule has 1 fully saturated rings. The van der Waals surface area contributed by atoms with E-state index in [0.29, 0.717) is 28.1 Å². The molecule has 29 heavy (non-hydrogen) atoms. The molecule has 2 aromatic rings. The van der Waals surface area contributed by atoms with Crippen LogP contribution < -0.4 is 4.90 Å². The summed E-state index contributed by atoms with van der Waals surface area (Å²) in [5.41, 5.74) is 1.21. The molecule has 7 heteroatoms. The van der Waals surface area contributed by atoms with E-state index in [4.69, 9.17) is 20.9 Å². The number of aromatic nitrogens is 1. The zero-order valence-electron chi connectivity index (χ0n) is 16.2. The minimum Gasteiger partial charge on any atom is -0.483 e. The number of aryl methyl sites for hydroxylation is 1. The van der Waals surface area contributed by atoms with Crippen molar-refractivity contribution in [3.8, 4) is 0 Å². The standard InChI is InChI=1S/C22H21ClN2O4/c1-11-3-8-16-15(9-11)20(26)18-19(13-4-6-14(23)7-5-13)25(22(27)21(18)28-16)17-10-12(2)29-24-17/h4-7,10-11,15-16,19H,3,8-9H2,1-2H3. The summed E-state index contributed by atoms with van der Waals surface area (Å²) in [5, 5.41) is 4.62. The lowest BCUT2D eigenvalue weighted by Crippen LogP contribution is -2.41. The lowest BCUT2D eigenvalue weighted by Gasteiger charge is -2.37. The second kappa shape index (κ2) is 6.73. The van der Waals surface area contributed by atoms with E-state index in [-0.39, 0.29) is 29.5 Å². The largest absolute Gasteiger partial charge is 0.483 e. The van der Waals surface area contributed by atoms with E-state index in [1.165, 1.54) is 4.90 Å². The average molecular weight is 413 g/mol. The van der Waals surface area contributed by atoms with Gasteiger partial charge in [-0.3, -0.25) is 14.5 Å². The molecule has 1 aromatic carbocycles. The van der Waals surface area contributed by atoms with Gasteiger partial charge in [-0.25, -0.2) is 0 Å². The summed E-state index contributed by atoms with van der Waals surface area (Å²) in [6, 6.07) is 8.26. The van der Waals surface area contributed by atoms with Gasteiger partial charge in [-0.05, 0) is 49.8 Å². The van der Waals surface area contributed by atoms with Crippen LogP contribution in [-0.4, -0.2) is 23.0 Å². The third-order valence-electron chi connectivity index (χ3n) is 6.16. The van der Waals surface area contributed by atoms with Gasteiger partial charge in [0.1, 0.15) is 11.9 Å². The van der Waals surface area contributed by atoms with Crippen LogP contribution >= 0.6 is 11.6 Å². The van der Waals surface area contributed by atoms with Crippen LogP contribution in [0.5, 0.6) is 0 Å². The van der Waals surface area contributed by atoms with Crippen LogP contribution in [0.4, 0.5) is 5.82 Å². The number of hydrogen-bond donors (Lipinski definition) is 0. The summed E-state index contributed by atoms with van der Waals surface area (Å²) < 4.78 is 11.4. The van der Waals surface area contributed by atoms with Gasteiger partial charge >= 0.3 is 0 Å². The summed E-state index contributed by atoms with van der Waals surface area (Å²) in [5.74, 6) is 1.03. The first-order chi connectivity index (χ1) is 13.9. The van der Waals surface area contributed by atoms with Gasteiger partial charge in [-0.2, -0.15) is 0 Å². The Labute approximate surface area is 173 Å². The molecule has 0 bridgehead atoms. The number of benzene rings is 1. The van der Waals surface area contributed by atoms with Crippen molar-refractivity contribution in [1.82, 2.24) is 5.16 Å². The highest BCUT2D eigenvalue weighted by molar-refractivity contribution is 6.30. The lowest BCUT2D eigenvalue weighted by molar-refractivity contribution is -0.132. The molecule has 0 saturated heterocycles. The molecule has 4 atom stereocenters. The molecule has 150 valence electrons. The maximum absolute atomic E-state index is 13.6. The molecule has 0 N–H and O–H groups in total. The number of fused-ring (bicyclic) bond motifs is 1. The first-order valence-electron chi connectivity index (χ1n) is 9.91. The summed E-state index contributed by atoms with van der Waals surface area (Å²) in [6.45, 7) is 3.92. The average Bonchev–Trinajstić information content (AvgIpc) is 3.25. The zero-order chi connectivity index (χ0) is 20.3. The van der Waals surface area contributed by atoms with Crippen LogP contribution in [0.3, 0.4) is 0 Å². The number of hydrogen-bond acceptors (Lipinski definition) is 5. The Bertz CT molecular complexity index is 1030. The van der Waals surface area contributed by atoms with Gasteiger partial charge in [0, 0.05) is 11.1 Å². The molecule has 3 aliphatic rings. The van der Waals surface area contributed by atoms with Gasteiger partial charge in [0.2, 0.25) is 0 Å². The number of ketones is 1. The Morgan fingerprint density at radius 2 is 1.93 bits per heavy atom. The van der Waals surface area contributed by atoms with Gasteiger partial charge in [0.05, 0.1) is 17.5 Å². The number of nitrogens with zero attached hydrogens (tertiary/aromatic N) is 2. The van der Waals surface area contributed by atoms with Crippen LogP contribution in [0.15, 0.2) is 46.2 Å². The third kappa shape index (κ3) is 2.89. The fourth-order valence-electron chi connectivity index (χ4n) is 4.74. The number of rotatable bonds is 2. The molecule has 1 saturated carbocycles. The lowest BCUT2D eigenvalue weighted by atomic mass is 9.74. The van der Waals surface area contributed by atoms with Gasteiger partial charge in [0.15, 0.2) is 17.4 Å². The number of ether oxygens (including phenoxy) is 1. The summed E-state index contributed by atoms with van der Waals surface area (Å²) in [7, 11) is 0. The molecule has 2 aliphatic heterocycles.